The second-order valence-electron chi connectivity index (χ2n) is 6.32. The summed E-state index contributed by atoms with van der Waals surface area (Å²) in [7, 11) is 1.28. The Morgan fingerprint density at radius 3 is 2.53 bits per heavy atom. The number of ether oxygens (including phenoxy) is 1. The van der Waals surface area contributed by atoms with Gasteiger partial charge in [0.15, 0.2) is 11.5 Å². The van der Waals surface area contributed by atoms with Gasteiger partial charge >= 0.3 is 5.97 Å². The van der Waals surface area contributed by atoms with Gasteiger partial charge in [-0.25, -0.2) is 14.8 Å². The first-order valence-corrected chi connectivity index (χ1v) is 9.08. The normalized spacial score (nSPS) is 11.8. The molecule has 3 heterocycles. The maximum Gasteiger partial charge on any atom is 0.328 e. The van der Waals surface area contributed by atoms with Crippen LogP contribution in [0.1, 0.15) is 16.1 Å². The molecule has 4 rings (SSSR count). The van der Waals surface area contributed by atoms with Crippen molar-refractivity contribution >= 4 is 17.5 Å². The molecule has 4 aromatic rings. The van der Waals surface area contributed by atoms with E-state index in [-0.39, 0.29) is 12.1 Å². The van der Waals surface area contributed by atoms with E-state index >= 15 is 0 Å². The molecule has 1 atom stereocenters. The van der Waals surface area contributed by atoms with E-state index in [4.69, 9.17) is 4.74 Å². The topological polar surface area (TPSA) is 124 Å². The SMILES string of the molecule is COC(=O)[C@@H](Cc1ccccc1)NC(=O)c1ccc2nnc(-c3ncccn3)n2n1. The zero-order valence-corrected chi connectivity index (χ0v) is 16.0. The molecule has 0 bridgehead atoms. The number of fused-ring (bicyclic) bond motifs is 1. The molecule has 0 unspecified atom stereocenters. The van der Waals surface area contributed by atoms with Crippen molar-refractivity contribution in [3.8, 4) is 11.6 Å². The minimum atomic E-state index is -0.861. The molecule has 1 aromatic carbocycles. The van der Waals surface area contributed by atoms with Crippen LogP contribution < -0.4 is 5.32 Å². The minimum Gasteiger partial charge on any atom is -0.467 e. The number of amides is 1. The first kappa shape index (κ1) is 19.1. The summed E-state index contributed by atoms with van der Waals surface area (Å²) < 4.78 is 6.22. The van der Waals surface area contributed by atoms with Crippen LogP contribution in [-0.2, 0) is 16.0 Å². The average molecular weight is 403 g/mol. The minimum absolute atomic E-state index is 0.0847. The van der Waals surface area contributed by atoms with Gasteiger partial charge in [-0.1, -0.05) is 30.3 Å². The standard InChI is InChI=1S/C20H17N7O3/c1-30-20(29)15(12-13-6-3-2-4-7-13)23-19(28)14-8-9-16-24-25-18(27(16)26-14)17-21-10-5-11-22-17/h2-11,15H,12H2,1H3,(H,23,28)/t15-/m1/s1. The maximum absolute atomic E-state index is 12.8. The van der Waals surface area contributed by atoms with Gasteiger partial charge in [-0.2, -0.15) is 9.61 Å². The third-order valence-electron chi connectivity index (χ3n) is 4.33. The molecule has 150 valence electrons. The Hall–Kier alpha value is -4.21. The third-order valence-corrected chi connectivity index (χ3v) is 4.33. The summed E-state index contributed by atoms with van der Waals surface area (Å²) in [5, 5.41) is 15.1. The van der Waals surface area contributed by atoms with E-state index in [1.54, 1.807) is 24.5 Å². The predicted octanol–water partition coefficient (Wildman–Crippen LogP) is 1.10. The van der Waals surface area contributed by atoms with E-state index in [1.165, 1.54) is 17.7 Å². The highest BCUT2D eigenvalue weighted by Gasteiger charge is 2.24. The second-order valence-corrected chi connectivity index (χ2v) is 6.32. The van der Waals surface area contributed by atoms with Gasteiger partial charge in [-0.15, -0.1) is 10.2 Å². The number of carbonyl (C=O) groups excluding carboxylic acids is 2. The highest BCUT2D eigenvalue weighted by atomic mass is 16.5. The van der Waals surface area contributed by atoms with Crippen molar-refractivity contribution in [1.82, 2.24) is 35.1 Å². The Labute approximate surface area is 171 Å². The Balaban J connectivity index is 1.60. The molecule has 0 saturated carbocycles. The van der Waals surface area contributed by atoms with Crippen LogP contribution in [0.15, 0.2) is 60.9 Å². The van der Waals surface area contributed by atoms with Crippen molar-refractivity contribution in [2.75, 3.05) is 7.11 Å². The molecule has 0 radical (unpaired) electrons. The molecule has 0 aliphatic carbocycles. The fourth-order valence-corrected chi connectivity index (χ4v) is 2.88. The smallest absolute Gasteiger partial charge is 0.328 e. The monoisotopic (exact) mass is 403 g/mol. The average Bonchev–Trinajstić information content (AvgIpc) is 3.22. The predicted molar refractivity (Wildman–Crippen MR) is 105 cm³/mol. The van der Waals surface area contributed by atoms with Gasteiger partial charge in [0, 0.05) is 18.8 Å². The molecule has 10 heteroatoms. The summed E-state index contributed by atoms with van der Waals surface area (Å²) in [5.74, 6) is -0.451. The summed E-state index contributed by atoms with van der Waals surface area (Å²) in [4.78, 5) is 33.3. The Morgan fingerprint density at radius 2 is 1.80 bits per heavy atom. The van der Waals surface area contributed by atoms with Gasteiger partial charge in [-0.3, -0.25) is 4.79 Å². The van der Waals surface area contributed by atoms with Crippen LogP contribution in [0.5, 0.6) is 0 Å². The fraction of sp³-hybridized carbons (Fsp3) is 0.150. The van der Waals surface area contributed by atoms with Crippen LogP contribution in [0.3, 0.4) is 0 Å². The summed E-state index contributed by atoms with van der Waals surface area (Å²) >= 11 is 0. The number of hydrogen-bond donors (Lipinski definition) is 1. The van der Waals surface area contributed by atoms with E-state index in [9.17, 15) is 9.59 Å². The van der Waals surface area contributed by atoms with Crippen LogP contribution in [0.25, 0.3) is 17.3 Å². The lowest BCUT2D eigenvalue weighted by Gasteiger charge is -2.16. The molecule has 1 amide bonds. The van der Waals surface area contributed by atoms with Gasteiger partial charge in [0.1, 0.15) is 11.7 Å². The molecular formula is C20H17N7O3. The zero-order valence-electron chi connectivity index (χ0n) is 16.0. The maximum atomic E-state index is 12.8. The van der Waals surface area contributed by atoms with E-state index in [0.29, 0.717) is 17.3 Å². The van der Waals surface area contributed by atoms with Crippen LogP contribution >= 0.6 is 0 Å². The van der Waals surface area contributed by atoms with Gasteiger partial charge in [0.25, 0.3) is 5.91 Å². The van der Waals surface area contributed by atoms with Crippen molar-refractivity contribution in [1.29, 1.82) is 0 Å². The van der Waals surface area contributed by atoms with E-state index < -0.39 is 17.9 Å². The first-order chi connectivity index (χ1) is 14.7. The number of aromatic nitrogens is 6. The van der Waals surface area contributed by atoms with Gasteiger partial charge < -0.3 is 10.1 Å². The quantitative estimate of drug-likeness (QED) is 0.475. The number of nitrogens with zero attached hydrogens (tertiary/aromatic N) is 6. The second kappa shape index (κ2) is 8.43. The van der Waals surface area contributed by atoms with Crippen molar-refractivity contribution in [2.24, 2.45) is 0 Å². The number of hydrogen-bond acceptors (Lipinski definition) is 8. The molecular weight excluding hydrogens is 386 g/mol. The van der Waals surface area contributed by atoms with Gasteiger partial charge in [0.2, 0.25) is 5.82 Å². The van der Waals surface area contributed by atoms with Crippen molar-refractivity contribution < 1.29 is 14.3 Å². The Kier molecular flexibility index (Phi) is 5.37. The van der Waals surface area contributed by atoms with Crippen molar-refractivity contribution in [3.05, 3.63) is 72.2 Å². The largest absolute Gasteiger partial charge is 0.467 e. The van der Waals surface area contributed by atoms with Crippen LogP contribution in [-0.4, -0.2) is 54.8 Å². The summed E-state index contributed by atoms with van der Waals surface area (Å²) in [6.07, 6.45) is 3.44. The molecule has 3 aromatic heterocycles. The number of nitrogens with one attached hydrogen (secondary N) is 1. The van der Waals surface area contributed by atoms with Crippen molar-refractivity contribution in [3.63, 3.8) is 0 Å². The molecule has 30 heavy (non-hydrogen) atoms. The van der Waals surface area contributed by atoms with Crippen LogP contribution in [0, 0.1) is 0 Å². The van der Waals surface area contributed by atoms with Crippen LogP contribution in [0.4, 0.5) is 0 Å². The molecule has 0 fully saturated rings. The Bertz CT molecular complexity index is 1180. The number of carbonyl (C=O) groups is 2. The lowest BCUT2D eigenvalue weighted by molar-refractivity contribution is -0.142. The van der Waals surface area contributed by atoms with E-state index in [1.807, 2.05) is 30.3 Å². The molecule has 0 aliphatic rings. The lowest BCUT2D eigenvalue weighted by atomic mass is 10.1. The fourth-order valence-electron chi connectivity index (χ4n) is 2.88. The highest BCUT2D eigenvalue weighted by Crippen LogP contribution is 2.13. The molecule has 0 saturated heterocycles. The molecule has 0 spiro atoms. The van der Waals surface area contributed by atoms with Gasteiger partial charge in [-0.05, 0) is 23.8 Å². The third kappa shape index (κ3) is 3.97. The van der Waals surface area contributed by atoms with E-state index in [2.05, 4.69) is 30.6 Å². The molecule has 0 aliphatic heterocycles. The summed E-state index contributed by atoms with van der Waals surface area (Å²) in [6, 6.07) is 13.3. The molecule has 10 nitrogen and oxygen atoms in total. The van der Waals surface area contributed by atoms with E-state index in [0.717, 1.165) is 5.56 Å². The number of methoxy groups -OCH3 is 1. The molecule has 1 N–H and O–H groups in total. The number of rotatable bonds is 6. The van der Waals surface area contributed by atoms with Crippen molar-refractivity contribution in [2.45, 2.75) is 12.5 Å². The summed E-state index contributed by atoms with van der Waals surface area (Å²) in [6.45, 7) is 0. The van der Waals surface area contributed by atoms with Gasteiger partial charge in [0.05, 0.1) is 7.11 Å². The summed E-state index contributed by atoms with van der Waals surface area (Å²) in [5.41, 5.74) is 1.41. The zero-order chi connectivity index (χ0) is 20.9. The number of esters is 1. The highest BCUT2D eigenvalue weighted by molar-refractivity contribution is 5.95. The lowest BCUT2D eigenvalue weighted by Crippen LogP contribution is -2.43. The Morgan fingerprint density at radius 1 is 1.03 bits per heavy atom. The first-order valence-electron chi connectivity index (χ1n) is 9.08. The number of benzene rings is 1. The van der Waals surface area contributed by atoms with Crippen LogP contribution in [0.2, 0.25) is 0 Å².